The summed E-state index contributed by atoms with van der Waals surface area (Å²) in [5, 5.41) is 7.42. The minimum absolute atomic E-state index is 0.416. The van der Waals surface area contributed by atoms with E-state index in [-0.39, 0.29) is 0 Å². The highest BCUT2D eigenvalue weighted by Crippen LogP contribution is 2.10. The minimum Gasteiger partial charge on any atom is -0.368 e. The maximum atomic E-state index is 11.3. The Morgan fingerprint density at radius 2 is 2.31 bits per heavy atom. The normalized spacial score (nSPS) is 12.2. The lowest BCUT2D eigenvalue weighted by molar-refractivity contribution is -0.121. The van der Waals surface area contributed by atoms with Crippen molar-refractivity contribution in [2.75, 3.05) is 0 Å². The maximum Gasteiger partial charge on any atom is 0.242 e. The Morgan fingerprint density at radius 3 is 2.88 bits per heavy atom. The number of amides is 1. The third kappa shape index (κ3) is 2.22. The summed E-state index contributed by atoms with van der Waals surface area (Å²) in [7, 11) is 0. The summed E-state index contributed by atoms with van der Waals surface area (Å²) in [5.74, 6) is -0.448. The first-order valence-electron chi connectivity index (χ1n) is 4.82. The SMILES string of the molecule is NC(=O)C(Cc1ccccn1)n1ccnn1. The van der Waals surface area contributed by atoms with E-state index in [1.807, 2.05) is 18.2 Å². The van der Waals surface area contributed by atoms with Gasteiger partial charge in [-0.15, -0.1) is 5.10 Å². The van der Waals surface area contributed by atoms with Crippen LogP contribution in [0.2, 0.25) is 0 Å². The van der Waals surface area contributed by atoms with Gasteiger partial charge in [-0.05, 0) is 12.1 Å². The van der Waals surface area contributed by atoms with Gasteiger partial charge in [0.2, 0.25) is 5.91 Å². The predicted molar refractivity (Wildman–Crippen MR) is 56.2 cm³/mol. The number of hydrogen-bond acceptors (Lipinski definition) is 4. The molecule has 16 heavy (non-hydrogen) atoms. The van der Waals surface area contributed by atoms with Gasteiger partial charge in [-0.3, -0.25) is 9.78 Å². The molecule has 2 heterocycles. The molecule has 6 nitrogen and oxygen atoms in total. The molecule has 2 aromatic rings. The van der Waals surface area contributed by atoms with Crippen LogP contribution in [0.4, 0.5) is 0 Å². The Hall–Kier alpha value is -2.24. The highest BCUT2D eigenvalue weighted by Gasteiger charge is 2.19. The summed E-state index contributed by atoms with van der Waals surface area (Å²) in [4.78, 5) is 15.4. The molecule has 1 amide bonds. The van der Waals surface area contributed by atoms with Gasteiger partial charge in [0.1, 0.15) is 6.04 Å². The van der Waals surface area contributed by atoms with Crippen molar-refractivity contribution in [2.24, 2.45) is 5.73 Å². The van der Waals surface area contributed by atoms with Gasteiger partial charge in [-0.25, -0.2) is 4.68 Å². The lowest BCUT2D eigenvalue weighted by Gasteiger charge is -2.12. The molecule has 1 atom stereocenters. The molecule has 0 aliphatic heterocycles. The monoisotopic (exact) mass is 217 g/mol. The minimum atomic E-state index is -0.544. The fraction of sp³-hybridized carbons (Fsp3) is 0.200. The van der Waals surface area contributed by atoms with Gasteiger partial charge >= 0.3 is 0 Å². The summed E-state index contributed by atoms with van der Waals surface area (Å²) in [6, 6.07) is 4.98. The number of nitrogens with zero attached hydrogens (tertiary/aromatic N) is 4. The molecular formula is C10H11N5O. The number of nitrogens with two attached hydrogens (primary N) is 1. The fourth-order valence-electron chi connectivity index (χ4n) is 1.43. The summed E-state index contributed by atoms with van der Waals surface area (Å²) in [6.45, 7) is 0. The van der Waals surface area contributed by atoms with Crippen molar-refractivity contribution in [3.63, 3.8) is 0 Å². The average Bonchev–Trinajstić information content (AvgIpc) is 2.80. The number of aromatic nitrogens is 4. The zero-order valence-electron chi connectivity index (χ0n) is 8.52. The molecule has 0 bridgehead atoms. The predicted octanol–water partition coefficient (Wildman–Crippen LogP) is -0.0578. The second-order valence-electron chi connectivity index (χ2n) is 3.33. The van der Waals surface area contributed by atoms with Crippen LogP contribution >= 0.6 is 0 Å². The first-order chi connectivity index (χ1) is 7.77. The molecule has 0 aliphatic rings. The van der Waals surface area contributed by atoms with Crippen LogP contribution < -0.4 is 5.73 Å². The van der Waals surface area contributed by atoms with Crippen molar-refractivity contribution in [3.8, 4) is 0 Å². The highest BCUT2D eigenvalue weighted by molar-refractivity contribution is 5.78. The summed E-state index contributed by atoms with van der Waals surface area (Å²) < 4.78 is 1.44. The van der Waals surface area contributed by atoms with Crippen LogP contribution in [0.25, 0.3) is 0 Å². The molecule has 0 spiro atoms. The van der Waals surface area contributed by atoms with Crippen LogP contribution in [0, 0.1) is 0 Å². The Bertz CT molecular complexity index is 453. The Morgan fingerprint density at radius 1 is 1.44 bits per heavy atom. The van der Waals surface area contributed by atoms with Crippen LogP contribution in [0.5, 0.6) is 0 Å². The van der Waals surface area contributed by atoms with Crippen molar-refractivity contribution in [1.29, 1.82) is 0 Å². The third-order valence-corrected chi connectivity index (χ3v) is 2.22. The molecule has 0 aliphatic carbocycles. The van der Waals surface area contributed by atoms with E-state index in [9.17, 15) is 4.79 Å². The van der Waals surface area contributed by atoms with Gasteiger partial charge in [0.05, 0.1) is 6.20 Å². The van der Waals surface area contributed by atoms with E-state index in [4.69, 9.17) is 5.73 Å². The van der Waals surface area contributed by atoms with Crippen LogP contribution in [0.1, 0.15) is 11.7 Å². The first-order valence-corrected chi connectivity index (χ1v) is 4.82. The standard InChI is InChI=1S/C10H11N5O/c11-10(16)9(15-6-5-13-14-15)7-8-3-1-2-4-12-8/h1-6,9H,7H2,(H2,11,16). The van der Waals surface area contributed by atoms with Crippen LogP contribution in [-0.4, -0.2) is 25.9 Å². The topological polar surface area (TPSA) is 86.7 Å². The zero-order valence-corrected chi connectivity index (χ0v) is 8.52. The van der Waals surface area contributed by atoms with E-state index < -0.39 is 11.9 Å². The number of pyridine rings is 1. The zero-order chi connectivity index (χ0) is 11.4. The van der Waals surface area contributed by atoms with E-state index in [0.717, 1.165) is 5.69 Å². The molecule has 0 aromatic carbocycles. The van der Waals surface area contributed by atoms with Gasteiger partial charge in [0.15, 0.2) is 0 Å². The Balaban J connectivity index is 2.19. The molecule has 0 saturated carbocycles. The number of primary amides is 1. The van der Waals surface area contributed by atoms with E-state index in [2.05, 4.69) is 15.3 Å². The first kappa shape index (κ1) is 10.3. The van der Waals surface area contributed by atoms with Crippen LogP contribution in [0.3, 0.4) is 0 Å². The van der Waals surface area contributed by atoms with Gasteiger partial charge in [-0.1, -0.05) is 11.3 Å². The van der Waals surface area contributed by atoms with Crippen LogP contribution in [0.15, 0.2) is 36.8 Å². The number of hydrogen-bond donors (Lipinski definition) is 1. The van der Waals surface area contributed by atoms with Crippen molar-refractivity contribution in [1.82, 2.24) is 20.0 Å². The number of rotatable bonds is 4. The number of carbonyl (C=O) groups excluding carboxylic acids is 1. The van der Waals surface area contributed by atoms with Crippen molar-refractivity contribution < 1.29 is 4.79 Å². The quantitative estimate of drug-likeness (QED) is 0.777. The van der Waals surface area contributed by atoms with Crippen molar-refractivity contribution >= 4 is 5.91 Å². The molecule has 2 aromatic heterocycles. The van der Waals surface area contributed by atoms with E-state index in [1.165, 1.54) is 10.9 Å². The Labute approximate surface area is 92.1 Å². The van der Waals surface area contributed by atoms with Crippen molar-refractivity contribution in [2.45, 2.75) is 12.5 Å². The van der Waals surface area contributed by atoms with E-state index in [1.54, 1.807) is 12.4 Å². The van der Waals surface area contributed by atoms with Crippen molar-refractivity contribution in [3.05, 3.63) is 42.5 Å². The Kier molecular flexibility index (Phi) is 2.90. The van der Waals surface area contributed by atoms with E-state index in [0.29, 0.717) is 6.42 Å². The second-order valence-corrected chi connectivity index (χ2v) is 3.33. The molecule has 1 unspecified atom stereocenters. The molecule has 0 saturated heterocycles. The summed E-state index contributed by atoms with van der Waals surface area (Å²) in [6.07, 6.45) is 5.21. The lowest BCUT2D eigenvalue weighted by atomic mass is 10.1. The van der Waals surface area contributed by atoms with E-state index >= 15 is 0 Å². The highest BCUT2D eigenvalue weighted by atomic mass is 16.1. The largest absolute Gasteiger partial charge is 0.368 e. The molecule has 2 N–H and O–H groups in total. The third-order valence-electron chi connectivity index (χ3n) is 2.22. The second kappa shape index (κ2) is 4.52. The summed E-state index contributed by atoms with van der Waals surface area (Å²) >= 11 is 0. The number of carbonyl (C=O) groups is 1. The van der Waals surface area contributed by atoms with Gasteiger partial charge in [-0.2, -0.15) is 0 Å². The maximum absolute atomic E-state index is 11.3. The van der Waals surface area contributed by atoms with Gasteiger partial charge in [0.25, 0.3) is 0 Å². The molecule has 6 heteroatoms. The molecule has 82 valence electrons. The lowest BCUT2D eigenvalue weighted by Crippen LogP contribution is -2.29. The molecule has 2 rings (SSSR count). The van der Waals surface area contributed by atoms with Crippen LogP contribution in [-0.2, 0) is 11.2 Å². The fourth-order valence-corrected chi connectivity index (χ4v) is 1.43. The summed E-state index contributed by atoms with van der Waals surface area (Å²) in [5.41, 5.74) is 6.11. The average molecular weight is 217 g/mol. The molecule has 0 radical (unpaired) electrons. The van der Waals surface area contributed by atoms with Gasteiger partial charge < -0.3 is 5.73 Å². The van der Waals surface area contributed by atoms with Gasteiger partial charge in [0, 0.05) is 24.5 Å². The smallest absolute Gasteiger partial charge is 0.242 e. The molecular weight excluding hydrogens is 206 g/mol. The molecule has 0 fully saturated rings.